The summed E-state index contributed by atoms with van der Waals surface area (Å²) in [6.07, 6.45) is 0. The summed E-state index contributed by atoms with van der Waals surface area (Å²) >= 11 is 4.88. The number of nitrogens with two attached hydrogens (primary N) is 1. The Morgan fingerprint density at radius 2 is 2.00 bits per heavy atom. The van der Waals surface area contributed by atoms with Crippen molar-refractivity contribution >= 4 is 17.2 Å². The number of nitrogens with zero attached hydrogens (tertiary/aromatic N) is 1. The van der Waals surface area contributed by atoms with Gasteiger partial charge in [-0.3, -0.25) is 4.79 Å². The fraction of sp³-hybridized carbons (Fsp3) is 0.200. The average Bonchev–Trinajstić information content (AvgIpc) is 2.43. The van der Waals surface area contributed by atoms with Gasteiger partial charge in [0.25, 0.3) is 5.56 Å². The molecule has 4 nitrogen and oxygen atoms in total. The highest BCUT2D eigenvalue weighted by atomic mass is 32.1. The van der Waals surface area contributed by atoms with E-state index in [1.165, 1.54) is 4.57 Å². The van der Waals surface area contributed by atoms with Gasteiger partial charge < -0.3 is 15.0 Å². The van der Waals surface area contributed by atoms with Gasteiger partial charge in [-0.2, -0.15) is 0 Å². The number of ether oxygens (including phenoxy) is 1. The van der Waals surface area contributed by atoms with Gasteiger partial charge in [-0.1, -0.05) is 24.4 Å². The van der Waals surface area contributed by atoms with Gasteiger partial charge in [0.2, 0.25) is 0 Å². The van der Waals surface area contributed by atoms with E-state index in [4.69, 9.17) is 22.7 Å². The van der Waals surface area contributed by atoms with Crippen molar-refractivity contribution in [2.45, 2.75) is 6.92 Å². The molecule has 0 aliphatic carbocycles. The number of hydrogen-bond acceptors (Lipinski definition) is 3. The smallest absolute Gasteiger partial charge is 0.261 e. The largest absolute Gasteiger partial charge is 0.493 e. The number of pyridine rings is 1. The molecule has 0 aliphatic rings. The summed E-state index contributed by atoms with van der Waals surface area (Å²) in [5, 5.41) is 0. The molecule has 2 aromatic rings. The van der Waals surface area contributed by atoms with Crippen LogP contribution in [-0.4, -0.2) is 16.2 Å². The Balaban J connectivity index is 2.63. The van der Waals surface area contributed by atoms with Crippen LogP contribution in [0.3, 0.4) is 0 Å². The molecule has 5 heteroatoms. The highest BCUT2D eigenvalue weighted by molar-refractivity contribution is 7.80. The van der Waals surface area contributed by atoms with Crippen molar-refractivity contribution in [2.75, 3.05) is 6.61 Å². The zero-order chi connectivity index (χ0) is 14.7. The van der Waals surface area contributed by atoms with Gasteiger partial charge in [0.05, 0.1) is 17.9 Å². The number of aromatic nitrogens is 1. The van der Waals surface area contributed by atoms with Crippen LogP contribution in [0.25, 0.3) is 11.3 Å². The van der Waals surface area contributed by atoms with E-state index in [1.54, 1.807) is 13.1 Å². The summed E-state index contributed by atoms with van der Waals surface area (Å²) in [6, 6.07) is 11.1. The lowest BCUT2D eigenvalue weighted by atomic mass is 10.1. The minimum Gasteiger partial charge on any atom is -0.493 e. The molecule has 1 heterocycles. The highest BCUT2D eigenvalue weighted by Gasteiger charge is 2.12. The number of benzene rings is 1. The lowest BCUT2D eigenvalue weighted by molar-refractivity contribution is 0.341. The maximum absolute atomic E-state index is 12.2. The quantitative estimate of drug-likeness (QED) is 0.875. The number of rotatable bonds is 4. The second-order valence-corrected chi connectivity index (χ2v) is 4.73. The normalized spacial score (nSPS) is 10.3. The van der Waals surface area contributed by atoms with Gasteiger partial charge in [0.15, 0.2) is 0 Å². The summed E-state index contributed by atoms with van der Waals surface area (Å²) < 4.78 is 7.13. The molecule has 0 fully saturated rings. The summed E-state index contributed by atoms with van der Waals surface area (Å²) in [7, 11) is 1.70. The van der Waals surface area contributed by atoms with Crippen molar-refractivity contribution < 1.29 is 4.74 Å². The standard InChI is InChI=1S/C15H16N2O2S/c1-3-19-13-7-5-4-6-10(13)12-9-8-11(14(16)20)15(18)17(12)2/h4-9H,3H2,1-2H3,(H2,16,20). The summed E-state index contributed by atoms with van der Waals surface area (Å²) in [5.41, 5.74) is 7.31. The van der Waals surface area contributed by atoms with E-state index < -0.39 is 0 Å². The molecule has 0 atom stereocenters. The second-order valence-electron chi connectivity index (χ2n) is 4.29. The maximum Gasteiger partial charge on any atom is 0.261 e. The molecular formula is C15H16N2O2S. The average molecular weight is 288 g/mol. The molecule has 0 spiro atoms. The van der Waals surface area contributed by atoms with Crippen molar-refractivity contribution in [3.8, 4) is 17.0 Å². The third kappa shape index (κ3) is 2.58. The first-order valence-corrected chi connectivity index (χ1v) is 6.69. The Bertz CT molecular complexity index is 707. The first kappa shape index (κ1) is 14.3. The van der Waals surface area contributed by atoms with Gasteiger partial charge in [-0.05, 0) is 31.2 Å². The van der Waals surface area contributed by atoms with Crippen molar-refractivity contribution in [2.24, 2.45) is 12.8 Å². The van der Waals surface area contributed by atoms with Crippen LogP contribution < -0.4 is 16.0 Å². The topological polar surface area (TPSA) is 57.2 Å². The Morgan fingerprint density at radius 3 is 2.65 bits per heavy atom. The van der Waals surface area contributed by atoms with Crippen LogP contribution in [-0.2, 0) is 7.05 Å². The first-order valence-electron chi connectivity index (χ1n) is 6.28. The van der Waals surface area contributed by atoms with E-state index >= 15 is 0 Å². The molecule has 2 N–H and O–H groups in total. The number of thiocarbonyl (C=S) groups is 1. The lowest BCUT2D eigenvalue weighted by Gasteiger charge is -2.14. The minimum absolute atomic E-state index is 0.107. The first-order chi connectivity index (χ1) is 9.56. The van der Waals surface area contributed by atoms with Crippen molar-refractivity contribution in [3.05, 3.63) is 52.3 Å². The van der Waals surface area contributed by atoms with Gasteiger partial charge in [-0.25, -0.2) is 0 Å². The van der Waals surface area contributed by atoms with E-state index in [1.807, 2.05) is 37.3 Å². The molecule has 20 heavy (non-hydrogen) atoms. The Kier molecular flexibility index (Phi) is 4.20. The highest BCUT2D eigenvalue weighted by Crippen LogP contribution is 2.28. The summed E-state index contributed by atoms with van der Waals surface area (Å²) in [6.45, 7) is 2.49. The third-order valence-corrected chi connectivity index (χ3v) is 3.25. The van der Waals surface area contributed by atoms with Crippen LogP contribution in [0.1, 0.15) is 12.5 Å². The lowest BCUT2D eigenvalue weighted by Crippen LogP contribution is -2.28. The maximum atomic E-state index is 12.2. The summed E-state index contributed by atoms with van der Waals surface area (Å²) in [5.74, 6) is 0.744. The van der Waals surface area contributed by atoms with Crippen molar-refractivity contribution in [3.63, 3.8) is 0 Å². The molecule has 0 amide bonds. The molecule has 0 unspecified atom stereocenters. The van der Waals surface area contributed by atoms with Crippen molar-refractivity contribution in [1.29, 1.82) is 0 Å². The fourth-order valence-electron chi connectivity index (χ4n) is 2.05. The Hall–Kier alpha value is -2.14. The van der Waals surface area contributed by atoms with Crippen LogP contribution in [0.2, 0.25) is 0 Å². The molecule has 0 saturated carbocycles. The van der Waals surface area contributed by atoms with E-state index in [2.05, 4.69) is 0 Å². The molecule has 1 aromatic carbocycles. The van der Waals surface area contributed by atoms with E-state index in [0.29, 0.717) is 12.2 Å². The molecule has 0 aliphatic heterocycles. The summed E-state index contributed by atoms with van der Waals surface area (Å²) in [4.78, 5) is 12.3. The van der Waals surface area contributed by atoms with Gasteiger partial charge in [-0.15, -0.1) is 0 Å². The second kappa shape index (κ2) is 5.88. The van der Waals surface area contributed by atoms with Crippen LogP contribution in [0.15, 0.2) is 41.2 Å². The molecule has 0 radical (unpaired) electrons. The number of para-hydroxylation sites is 1. The van der Waals surface area contributed by atoms with Crippen LogP contribution >= 0.6 is 12.2 Å². The predicted molar refractivity (Wildman–Crippen MR) is 84.2 cm³/mol. The SMILES string of the molecule is CCOc1ccccc1-c1ccc(C(N)=S)c(=O)n1C. The van der Waals surface area contributed by atoms with Crippen LogP contribution in [0, 0.1) is 0 Å². The molecule has 1 aromatic heterocycles. The van der Waals surface area contributed by atoms with Crippen molar-refractivity contribution in [1.82, 2.24) is 4.57 Å². The third-order valence-electron chi connectivity index (χ3n) is 3.03. The monoisotopic (exact) mass is 288 g/mol. The Morgan fingerprint density at radius 1 is 1.30 bits per heavy atom. The van der Waals surface area contributed by atoms with Gasteiger partial charge >= 0.3 is 0 Å². The minimum atomic E-state index is -0.207. The molecule has 0 bridgehead atoms. The molecule has 2 rings (SSSR count). The molecule has 0 saturated heterocycles. The van der Waals surface area contributed by atoms with Gasteiger partial charge in [0.1, 0.15) is 10.7 Å². The van der Waals surface area contributed by atoms with E-state index in [-0.39, 0.29) is 10.5 Å². The van der Waals surface area contributed by atoms with Crippen LogP contribution in [0.4, 0.5) is 0 Å². The molecule has 104 valence electrons. The molecular weight excluding hydrogens is 272 g/mol. The Labute approximate surface area is 122 Å². The fourth-order valence-corrected chi connectivity index (χ4v) is 2.21. The van der Waals surface area contributed by atoms with E-state index in [0.717, 1.165) is 17.0 Å². The van der Waals surface area contributed by atoms with Crippen LogP contribution in [0.5, 0.6) is 5.75 Å². The number of hydrogen-bond donors (Lipinski definition) is 1. The zero-order valence-electron chi connectivity index (χ0n) is 11.4. The van der Waals surface area contributed by atoms with E-state index in [9.17, 15) is 4.79 Å². The zero-order valence-corrected chi connectivity index (χ0v) is 12.2. The van der Waals surface area contributed by atoms with Gasteiger partial charge in [0, 0.05) is 12.6 Å². The predicted octanol–water partition coefficient (Wildman–Crippen LogP) is 2.09.